The Morgan fingerprint density at radius 1 is 1.33 bits per heavy atom. The first-order valence-electron chi connectivity index (χ1n) is 5.04. The first kappa shape index (κ1) is 14.9. The molecule has 3 nitrogen and oxygen atoms in total. The summed E-state index contributed by atoms with van der Waals surface area (Å²) in [6.45, 7) is 0.340. The lowest BCUT2D eigenvalue weighted by Gasteiger charge is -2.17. The van der Waals surface area contributed by atoms with Gasteiger partial charge in [0.1, 0.15) is 5.82 Å². The molecule has 1 atom stereocenters. The standard InChI is InChI=1S/C10H11BF4O3/c1-6(10(13,14)15)18-5-7-2-3-8(12)4-9(7)11(16)17/h2-4,6,16-17H,5H2,1H3. The van der Waals surface area contributed by atoms with Crippen LogP contribution < -0.4 is 5.46 Å². The highest BCUT2D eigenvalue weighted by Gasteiger charge is 2.37. The van der Waals surface area contributed by atoms with E-state index >= 15 is 0 Å². The maximum Gasteiger partial charge on any atom is 0.488 e. The van der Waals surface area contributed by atoms with Gasteiger partial charge in [0.25, 0.3) is 0 Å². The van der Waals surface area contributed by atoms with E-state index in [4.69, 9.17) is 10.0 Å². The Hall–Kier alpha value is -1.12. The molecule has 18 heavy (non-hydrogen) atoms. The highest BCUT2D eigenvalue weighted by Crippen LogP contribution is 2.23. The Balaban J connectivity index is 2.79. The summed E-state index contributed by atoms with van der Waals surface area (Å²) in [5, 5.41) is 17.9. The largest absolute Gasteiger partial charge is 0.488 e. The Labute approximate surface area is 101 Å². The predicted molar refractivity (Wildman–Crippen MR) is 56.5 cm³/mol. The molecule has 0 bridgehead atoms. The van der Waals surface area contributed by atoms with Crippen molar-refractivity contribution in [2.75, 3.05) is 0 Å². The summed E-state index contributed by atoms with van der Waals surface area (Å²) < 4.78 is 54.0. The van der Waals surface area contributed by atoms with Crippen LogP contribution in [0.3, 0.4) is 0 Å². The van der Waals surface area contributed by atoms with E-state index < -0.39 is 31.8 Å². The van der Waals surface area contributed by atoms with E-state index in [-0.39, 0.29) is 11.0 Å². The second-order valence-electron chi connectivity index (χ2n) is 3.71. The Morgan fingerprint density at radius 3 is 2.44 bits per heavy atom. The zero-order valence-electron chi connectivity index (χ0n) is 9.41. The minimum atomic E-state index is -4.50. The number of alkyl halides is 3. The van der Waals surface area contributed by atoms with Gasteiger partial charge >= 0.3 is 13.3 Å². The minimum absolute atomic E-state index is 0.0856. The third kappa shape index (κ3) is 3.97. The van der Waals surface area contributed by atoms with Gasteiger partial charge in [0.15, 0.2) is 6.10 Å². The molecule has 0 aromatic heterocycles. The molecule has 0 amide bonds. The fourth-order valence-electron chi connectivity index (χ4n) is 1.25. The number of ether oxygens (including phenoxy) is 1. The molecule has 0 heterocycles. The third-order valence-electron chi connectivity index (χ3n) is 2.34. The van der Waals surface area contributed by atoms with Crippen LogP contribution in [-0.4, -0.2) is 29.4 Å². The van der Waals surface area contributed by atoms with Crippen molar-refractivity contribution < 1.29 is 32.3 Å². The average Bonchev–Trinajstić information content (AvgIpc) is 2.25. The number of hydrogen-bond acceptors (Lipinski definition) is 3. The second-order valence-corrected chi connectivity index (χ2v) is 3.71. The van der Waals surface area contributed by atoms with Crippen molar-refractivity contribution in [2.24, 2.45) is 0 Å². The lowest BCUT2D eigenvalue weighted by Crippen LogP contribution is -2.35. The molecule has 0 fully saturated rings. The Bertz CT molecular complexity index is 409. The van der Waals surface area contributed by atoms with Gasteiger partial charge in [-0.1, -0.05) is 6.07 Å². The van der Waals surface area contributed by atoms with Gasteiger partial charge < -0.3 is 14.8 Å². The monoisotopic (exact) mass is 266 g/mol. The van der Waals surface area contributed by atoms with Crippen molar-refractivity contribution in [3.8, 4) is 0 Å². The number of rotatable bonds is 4. The third-order valence-corrected chi connectivity index (χ3v) is 2.34. The van der Waals surface area contributed by atoms with E-state index in [0.717, 1.165) is 25.1 Å². The summed E-state index contributed by atoms with van der Waals surface area (Å²) in [7, 11) is -1.97. The van der Waals surface area contributed by atoms with Gasteiger partial charge in [0.05, 0.1) is 6.61 Å². The highest BCUT2D eigenvalue weighted by molar-refractivity contribution is 6.59. The SMILES string of the molecule is CC(OCc1ccc(F)cc1B(O)O)C(F)(F)F. The van der Waals surface area contributed by atoms with Crippen molar-refractivity contribution in [1.82, 2.24) is 0 Å². The van der Waals surface area contributed by atoms with Gasteiger partial charge in [-0.25, -0.2) is 4.39 Å². The topological polar surface area (TPSA) is 49.7 Å². The first-order chi connectivity index (χ1) is 8.21. The van der Waals surface area contributed by atoms with Crippen LogP contribution in [0.5, 0.6) is 0 Å². The van der Waals surface area contributed by atoms with Crippen LogP contribution in [-0.2, 0) is 11.3 Å². The molecule has 100 valence electrons. The minimum Gasteiger partial charge on any atom is -0.423 e. The van der Waals surface area contributed by atoms with E-state index in [1.54, 1.807) is 0 Å². The molecular formula is C10H11BF4O3. The summed E-state index contributed by atoms with van der Waals surface area (Å²) in [6, 6.07) is 2.98. The molecule has 1 aromatic carbocycles. The smallest absolute Gasteiger partial charge is 0.423 e. The summed E-state index contributed by atoms with van der Waals surface area (Å²) in [6.07, 6.45) is -6.50. The van der Waals surface area contributed by atoms with Gasteiger partial charge in [-0.05, 0) is 30.1 Å². The first-order valence-corrected chi connectivity index (χ1v) is 5.04. The van der Waals surface area contributed by atoms with Crippen LogP contribution in [0.1, 0.15) is 12.5 Å². The number of halogens is 4. The molecular weight excluding hydrogens is 255 g/mol. The fraction of sp³-hybridized carbons (Fsp3) is 0.400. The van der Waals surface area contributed by atoms with Gasteiger partial charge in [0, 0.05) is 0 Å². The lowest BCUT2D eigenvalue weighted by atomic mass is 9.77. The zero-order chi connectivity index (χ0) is 13.9. The van der Waals surface area contributed by atoms with Crippen molar-refractivity contribution in [2.45, 2.75) is 25.8 Å². The lowest BCUT2D eigenvalue weighted by molar-refractivity contribution is -0.217. The van der Waals surface area contributed by atoms with E-state index in [9.17, 15) is 17.6 Å². The van der Waals surface area contributed by atoms with Crippen molar-refractivity contribution in [3.63, 3.8) is 0 Å². The molecule has 0 aliphatic carbocycles. The van der Waals surface area contributed by atoms with Crippen LogP contribution in [0.15, 0.2) is 18.2 Å². The number of benzene rings is 1. The molecule has 1 rings (SSSR count). The molecule has 1 unspecified atom stereocenters. The second kappa shape index (κ2) is 5.68. The molecule has 0 aliphatic rings. The van der Waals surface area contributed by atoms with E-state index in [2.05, 4.69) is 4.74 Å². The maximum absolute atomic E-state index is 12.9. The molecule has 0 spiro atoms. The molecule has 1 aromatic rings. The summed E-state index contributed by atoms with van der Waals surface area (Å²) in [5.74, 6) is -0.717. The molecule has 0 aliphatic heterocycles. The van der Waals surface area contributed by atoms with Crippen molar-refractivity contribution in [1.29, 1.82) is 0 Å². The van der Waals surface area contributed by atoms with Gasteiger partial charge in [-0.15, -0.1) is 0 Å². The van der Waals surface area contributed by atoms with Crippen molar-refractivity contribution in [3.05, 3.63) is 29.6 Å². The van der Waals surface area contributed by atoms with Crippen LogP contribution in [0, 0.1) is 5.82 Å². The summed E-state index contributed by atoms with van der Waals surface area (Å²) in [5.41, 5.74) is -0.133. The van der Waals surface area contributed by atoms with Gasteiger partial charge in [0.2, 0.25) is 0 Å². The predicted octanol–water partition coefficient (Wildman–Crippen LogP) is 0.973. The average molecular weight is 266 g/mol. The summed E-state index contributed by atoms with van der Waals surface area (Å²) >= 11 is 0. The zero-order valence-corrected chi connectivity index (χ0v) is 9.41. The number of hydrogen-bond donors (Lipinski definition) is 2. The normalized spacial score (nSPS) is 13.5. The molecule has 0 saturated heterocycles. The molecule has 8 heteroatoms. The van der Waals surface area contributed by atoms with Crippen LogP contribution >= 0.6 is 0 Å². The van der Waals surface area contributed by atoms with Gasteiger partial charge in [-0.2, -0.15) is 13.2 Å². The highest BCUT2D eigenvalue weighted by atomic mass is 19.4. The molecule has 2 N–H and O–H groups in total. The molecule has 0 saturated carbocycles. The van der Waals surface area contributed by atoms with Gasteiger partial charge in [-0.3, -0.25) is 0 Å². The Morgan fingerprint density at radius 2 is 1.94 bits per heavy atom. The van der Waals surface area contributed by atoms with Crippen LogP contribution in [0.4, 0.5) is 17.6 Å². The van der Waals surface area contributed by atoms with E-state index in [1.807, 2.05) is 0 Å². The quantitative estimate of drug-likeness (QED) is 0.630. The molecule has 0 radical (unpaired) electrons. The van der Waals surface area contributed by atoms with Crippen LogP contribution in [0.2, 0.25) is 0 Å². The van der Waals surface area contributed by atoms with E-state index in [1.165, 1.54) is 0 Å². The Kier molecular flexibility index (Phi) is 4.72. The maximum atomic E-state index is 12.9. The fourth-order valence-corrected chi connectivity index (χ4v) is 1.25. The van der Waals surface area contributed by atoms with Crippen molar-refractivity contribution >= 4 is 12.6 Å². The van der Waals surface area contributed by atoms with E-state index in [0.29, 0.717) is 0 Å². The van der Waals surface area contributed by atoms with Crippen LogP contribution in [0.25, 0.3) is 0 Å². The summed E-state index contributed by atoms with van der Waals surface area (Å²) in [4.78, 5) is 0.